The SMILES string of the molecule is CC/C=C\C/C=C\C/C=C\C/C=C\C/C=C\C/C=C\C/C=C\C/C=C\CCCCCCCCCCC(=O)NC(COP(=O)([O-])OCC[N+](C)(C)C)C(O)/C=C/CCCCCCCCCCCCCCCCCCC. The lowest BCUT2D eigenvalue weighted by Gasteiger charge is -2.29. The van der Waals surface area contributed by atoms with Crippen LogP contribution in [-0.2, 0) is 18.4 Å². The van der Waals surface area contributed by atoms with E-state index in [2.05, 4.69) is 116 Å². The maximum absolute atomic E-state index is 13.0. The van der Waals surface area contributed by atoms with Crippen molar-refractivity contribution in [3.8, 4) is 0 Å². The number of carbonyl (C=O) groups excluding carboxylic acids is 1. The van der Waals surface area contributed by atoms with E-state index in [-0.39, 0.29) is 19.1 Å². The van der Waals surface area contributed by atoms with E-state index in [1.54, 1.807) is 6.08 Å². The summed E-state index contributed by atoms with van der Waals surface area (Å²) in [5.74, 6) is -0.209. The van der Waals surface area contributed by atoms with Crippen molar-refractivity contribution in [2.24, 2.45) is 0 Å². The lowest BCUT2D eigenvalue weighted by molar-refractivity contribution is -0.870. The summed E-state index contributed by atoms with van der Waals surface area (Å²) in [7, 11) is 1.24. The van der Waals surface area contributed by atoms with E-state index < -0.39 is 20.0 Å². The van der Waals surface area contributed by atoms with Crippen molar-refractivity contribution in [3.05, 3.63) is 109 Å². The van der Waals surface area contributed by atoms with Gasteiger partial charge in [0.1, 0.15) is 13.2 Å². The van der Waals surface area contributed by atoms with Crippen molar-refractivity contribution >= 4 is 13.7 Å². The highest BCUT2D eigenvalue weighted by molar-refractivity contribution is 7.45. The van der Waals surface area contributed by atoms with Crippen molar-refractivity contribution in [1.82, 2.24) is 5.32 Å². The van der Waals surface area contributed by atoms with Gasteiger partial charge in [-0.1, -0.05) is 264 Å². The summed E-state index contributed by atoms with van der Waals surface area (Å²) in [6.07, 6.45) is 80.2. The van der Waals surface area contributed by atoms with Gasteiger partial charge in [0, 0.05) is 6.42 Å². The highest BCUT2D eigenvalue weighted by Crippen LogP contribution is 2.38. The number of carbonyl (C=O) groups is 1. The average molecular weight is 1050 g/mol. The van der Waals surface area contributed by atoms with Crippen molar-refractivity contribution < 1.29 is 32.9 Å². The summed E-state index contributed by atoms with van der Waals surface area (Å²) in [5, 5.41) is 13.9. The number of rotatable bonds is 54. The van der Waals surface area contributed by atoms with Crippen LogP contribution in [0.4, 0.5) is 0 Å². The second-order valence-corrected chi connectivity index (χ2v) is 22.7. The zero-order valence-corrected chi connectivity index (χ0v) is 49.4. The number of allylic oxidation sites excluding steroid dienone is 17. The maximum Gasteiger partial charge on any atom is 0.268 e. The fourth-order valence-electron chi connectivity index (χ4n) is 8.29. The fraction of sp³-hybridized carbons (Fsp3) is 0.708. The summed E-state index contributed by atoms with van der Waals surface area (Å²) in [5.41, 5.74) is 0. The van der Waals surface area contributed by atoms with Gasteiger partial charge in [0.25, 0.3) is 7.82 Å². The molecule has 9 heteroatoms. The average Bonchev–Trinajstić information content (AvgIpc) is 3.36. The van der Waals surface area contributed by atoms with E-state index in [1.165, 1.54) is 122 Å². The summed E-state index contributed by atoms with van der Waals surface area (Å²) in [4.78, 5) is 25.5. The number of likely N-dealkylation sites (N-methyl/N-ethyl adjacent to an activating group) is 1. The fourth-order valence-corrected chi connectivity index (χ4v) is 9.01. The Bertz CT molecular complexity index is 1570. The van der Waals surface area contributed by atoms with Crippen molar-refractivity contribution in [2.75, 3.05) is 40.9 Å². The first kappa shape index (κ1) is 71.2. The number of nitrogens with one attached hydrogen (secondary N) is 1. The molecule has 0 aliphatic heterocycles. The number of hydrogen-bond acceptors (Lipinski definition) is 6. The zero-order chi connectivity index (χ0) is 54.2. The van der Waals surface area contributed by atoms with E-state index in [0.29, 0.717) is 17.4 Å². The first-order valence-electron chi connectivity index (χ1n) is 30.2. The first-order chi connectivity index (χ1) is 36.0. The van der Waals surface area contributed by atoms with Gasteiger partial charge in [-0.15, -0.1) is 0 Å². The van der Waals surface area contributed by atoms with Crippen LogP contribution in [0.1, 0.15) is 245 Å². The van der Waals surface area contributed by atoms with E-state index in [1.807, 2.05) is 27.2 Å². The quantitative estimate of drug-likeness (QED) is 0.0272. The lowest BCUT2D eigenvalue weighted by atomic mass is 10.0. The molecule has 0 fully saturated rings. The molecule has 0 heterocycles. The molecule has 426 valence electrons. The van der Waals surface area contributed by atoms with Gasteiger partial charge in [-0.3, -0.25) is 9.36 Å². The number of aliphatic hydroxyl groups excluding tert-OH is 1. The Morgan fingerprint density at radius 2 is 0.824 bits per heavy atom. The second kappa shape index (κ2) is 54.9. The number of phosphoric ester groups is 1. The highest BCUT2D eigenvalue weighted by Gasteiger charge is 2.23. The van der Waals surface area contributed by atoms with Crippen LogP contribution in [0.15, 0.2) is 109 Å². The Balaban J connectivity index is 4.22. The minimum Gasteiger partial charge on any atom is -0.756 e. The molecular weight excluding hydrogens is 936 g/mol. The number of phosphoric acid groups is 1. The summed E-state index contributed by atoms with van der Waals surface area (Å²) >= 11 is 0. The molecule has 0 aliphatic rings. The second-order valence-electron chi connectivity index (χ2n) is 21.3. The third kappa shape index (κ3) is 56.9. The Kier molecular flexibility index (Phi) is 52.8. The van der Waals surface area contributed by atoms with Crippen LogP contribution in [0, 0.1) is 0 Å². The molecule has 0 spiro atoms. The molecule has 2 N–H and O–H groups in total. The van der Waals surface area contributed by atoms with Crippen LogP contribution in [-0.4, -0.2) is 68.5 Å². The monoisotopic (exact) mass is 1050 g/mol. The Morgan fingerprint density at radius 1 is 0.486 bits per heavy atom. The van der Waals surface area contributed by atoms with Crippen LogP contribution in [0.3, 0.4) is 0 Å². The summed E-state index contributed by atoms with van der Waals surface area (Å²) in [6, 6.07) is -0.899. The highest BCUT2D eigenvalue weighted by atomic mass is 31.2. The normalized spacial score (nSPS) is 14.6. The van der Waals surface area contributed by atoms with Crippen molar-refractivity contribution in [1.29, 1.82) is 0 Å². The number of unbranched alkanes of at least 4 members (excludes halogenated alkanes) is 25. The van der Waals surface area contributed by atoms with Gasteiger partial charge in [-0.25, -0.2) is 0 Å². The zero-order valence-electron chi connectivity index (χ0n) is 48.5. The van der Waals surface area contributed by atoms with Crippen LogP contribution in [0.2, 0.25) is 0 Å². The number of nitrogens with zero attached hydrogens (tertiary/aromatic N) is 1. The van der Waals surface area contributed by atoms with Crippen molar-refractivity contribution in [2.45, 2.75) is 257 Å². The minimum absolute atomic E-state index is 0.00773. The van der Waals surface area contributed by atoms with E-state index in [0.717, 1.165) is 103 Å². The molecule has 8 nitrogen and oxygen atoms in total. The van der Waals surface area contributed by atoms with E-state index in [4.69, 9.17) is 9.05 Å². The molecule has 0 saturated heterocycles. The van der Waals surface area contributed by atoms with Crippen molar-refractivity contribution in [3.63, 3.8) is 0 Å². The molecule has 0 saturated carbocycles. The van der Waals surface area contributed by atoms with Crippen LogP contribution >= 0.6 is 7.82 Å². The predicted octanol–water partition coefficient (Wildman–Crippen LogP) is 18.1. The smallest absolute Gasteiger partial charge is 0.268 e. The van der Waals surface area contributed by atoms with E-state index in [9.17, 15) is 19.4 Å². The van der Waals surface area contributed by atoms with Crippen LogP contribution in [0.5, 0.6) is 0 Å². The van der Waals surface area contributed by atoms with Gasteiger partial charge in [-0.2, -0.15) is 0 Å². The van der Waals surface area contributed by atoms with Crippen LogP contribution in [0.25, 0.3) is 0 Å². The Hall–Kier alpha value is -2.84. The summed E-state index contributed by atoms with van der Waals surface area (Å²) in [6.45, 7) is 4.53. The standard InChI is InChI=1S/C65H115N2O6P/c1-6-8-10-12-14-16-18-20-22-24-26-27-28-29-30-31-32-33-34-35-36-37-38-39-41-43-45-47-49-51-53-55-57-59-65(69)66-63(62-73-74(70,71)72-61-60-67(3,4)5)64(68)58-56-54-52-50-48-46-44-42-40-25-23-21-19-17-15-13-11-9-7-2/h8,10,14,16,20,22,26-27,29-30,32-33,35-36,38-39,56,58,63-64,68H,6-7,9,11-13,15,17-19,21,23-25,28,31,34,37,40-55,57,59-62H2,1-5H3,(H-,66,69,70,71)/b10-8-,16-14-,22-20-,27-26-,30-29-,33-32-,36-35-,39-38-,58-56+. The molecule has 0 bridgehead atoms. The molecule has 1 amide bonds. The molecule has 0 aromatic rings. The van der Waals surface area contributed by atoms with Gasteiger partial charge in [0.2, 0.25) is 5.91 Å². The minimum atomic E-state index is -4.61. The number of amides is 1. The third-order valence-electron chi connectivity index (χ3n) is 13.0. The van der Waals surface area contributed by atoms with Crippen LogP contribution < -0.4 is 10.2 Å². The predicted molar refractivity (Wildman–Crippen MR) is 320 cm³/mol. The largest absolute Gasteiger partial charge is 0.756 e. The molecule has 0 aromatic heterocycles. The molecule has 0 aromatic carbocycles. The molecule has 3 atom stereocenters. The first-order valence-corrected chi connectivity index (χ1v) is 31.7. The Morgan fingerprint density at radius 3 is 1.20 bits per heavy atom. The van der Waals surface area contributed by atoms with Gasteiger partial charge >= 0.3 is 0 Å². The molecule has 3 unspecified atom stereocenters. The third-order valence-corrected chi connectivity index (χ3v) is 14.0. The molecule has 0 radical (unpaired) electrons. The number of quaternary nitrogens is 1. The topological polar surface area (TPSA) is 108 Å². The summed E-state index contributed by atoms with van der Waals surface area (Å²) < 4.78 is 23.4. The Labute approximate surface area is 457 Å². The van der Waals surface area contributed by atoms with Gasteiger partial charge in [0.05, 0.1) is 39.9 Å². The molecule has 74 heavy (non-hydrogen) atoms. The number of hydrogen-bond donors (Lipinski definition) is 2. The van der Waals surface area contributed by atoms with E-state index >= 15 is 0 Å². The lowest BCUT2D eigenvalue weighted by Crippen LogP contribution is -2.45. The van der Waals surface area contributed by atoms with Gasteiger partial charge in [-0.05, 0) is 83.5 Å². The maximum atomic E-state index is 13.0. The molecule has 0 aliphatic carbocycles. The number of aliphatic hydroxyl groups is 1. The van der Waals surface area contributed by atoms with Gasteiger partial charge in [0.15, 0.2) is 0 Å². The molecular formula is C65H115N2O6P. The molecule has 0 rings (SSSR count). The van der Waals surface area contributed by atoms with Gasteiger partial charge < -0.3 is 28.8 Å².